The first-order valence-electron chi connectivity index (χ1n) is 5.85. The predicted octanol–water partition coefficient (Wildman–Crippen LogP) is 1.85. The average molecular weight is 295 g/mol. The molecule has 0 atom stereocenters. The van der Waals surface area contributed by atoms with Crippen LogP contribution in [0.15, 0.2) is 29.2 Å². The minimum absolute atomic E-state index is 0.0461. The third kappa shape index (κ3) is 5.33. The van der Waals surface area contributed by atoms with Crippen LogP contribution in [-0.4, -0.2) is 40.7 Å². The third-order valence-electron chi connectivity index (χ3n) is 2.37. The second-order valence-electron chi connectivity index (χ2n) is 3.88. The molecule has 106 valence electrons. The fourth-order valence-electron chi connectivity index (χ4n) is 1.47. The van der Waals surface area contributed by atoms with E-state index in [4.69, 9.17) is 11.5 Å². The number of carbonyl (C=O) groups excluding carboxylic acids is 1. The van der Waals surface area contributed by atoms with Gasteiger partial charge in [-0.1, -0.05) is 18.1 Å². The maximum Gasteiger partial charge on any atom is 0.323 e. The molecule has 0 heterocycles. The average Bonchev–Trinajstić information content (AvgIpc) is 2.40. The number of halogens is 1. The normalized spacial score (nSPS) is 9.80. The Morgan fingerprint density at radius 3 is 2.70 bits per heavy atom. The number of carboxylic acids is 1. The van der Waals surface area contributed by atoms with Crippen LogP contribution in [0.3, 0.4) is 0 Å². The van der Waals surface area contributed by atoms with Crippen molar-refractivity contribution in [3.05, 3.63) is 30.1 Å². The van der Waals surface area contributed by atoms with Gasteiger partial charge in [-0.05, 0) is 12.1 Å². The molecule has 1 rings (SSSR count). The molecule has 0 saturated heterocycles. The summed E-state index contributed by atoms with van der Waals surface area (Å²) in [6.07, 6.45) is 5.20. The zero-order chi connectivity index (χ0) is 15.0. The van der Waals surface area contributed by atoms with Gasteiger partial charge >= 0.3 is 5.97 Å². The Labute approximate surface area is 121 Å². The molecule has 0 aromatic heterocycles. The van der Waals surface area contributed by atoms with Crippen molar-refractivity contribution in [3.63, 3.8) is 0 Å². The van der Waals surface area contributed by atoms with Gasteiger partial charge in [0.15, 0.2) is 0 Å². The quantitative estimate of drug-likeness (QED) is 0.616. The van der Waals surface area contributed by atoms with E-state index in [1.807, 2.05) is 0 Å². The summed E-state index contributed by atoms with van der Waals surface area (Å²) in [5.41, 5.74) is 0. The van der Waals surface area contributed by atoms with Crippen molar-refractivity contribution in [3.8, 4) is 12.3 Å². The number of amides is 1. The van der Waals surface area contributed by atoms with Gasteiger partial charge in [0.05, 0.1) is 6.54 Å². The number of carbonyl (C=O) groups is 2. The Bertz CT molecular complexity index is 527. The Morgan fingerprint density at radius 2 is 2.10 bits per heavy atom. The fourth-order valence-corrected chi connectivity index (χ4v) is 2.35. The van der Waals surface area contributed by atoms with E-state index in [2.05, 4.69) is 5.92 Å². The van der Waals surface area contributed by atoms with Crippen LogP contribution in [0.2, 0.25) is 0 Å². The summed E-state index contributed by atoms with van der Waals surface area (Å²) >= 11 is 1.21. The predicted molar refractivity (Wildman–Crippen MR) is 74.8 cm³/mol. The highest BCUT2D eigenvalue weighted by atomic mass is 32.2. The summed E-state index contributed by atoms with van der Waals surface area (Å²) in [7, 11) is 0. The van der Waals surface area contributed by atoms with Gasteiger partial charge in [-0.2, -0.15) is 0 Å². The van der Waals surface area contributed by atoms with Crippen LogP contribution in [-0.2, 0) is 9.59 Å². The van der Waals surface area contributed by atoms with Crippen molar-refractivity contribution < 1.29 is 19.1 Å². The summed E-state index contributed by atoms with van der Waals surface area (Å²) in [4.78, 5) is 24.0. The van der Waals surface area contributed by atoms with Crippen LogP contribution >= 0.6 is 11.8 Å². The van der Waals surface area contributed by atoms with Crippen LogP contribution < -0.4 is 0 Å². The van der Waals surface area contributed by atoms with Crippen LogP contribution in [0.25, 0.3) is 0 Å². The molecule has 0 radical (unpaired) electrons. The fraction of sp³-hybridized carbons (Fsp3) is 0.286. The van der Waals surface area contributed by atoms with Gasteiger partial charge < -0.3 is 10.0 Å². The van der Waals surface area contributed by atoms with E-state index in [1.165, 1.54) is 17.8 Å². The number of hydrogen-bond acceptors (Lipinski definition) is 3. The monoisotopic (exact) mass is 295 g/mol. The van der Waals surface area contributed by atoms with Gasteiger partial charge in [0.2, 0.25) is 5.91 Å². The summed E-state index contributed by atoms with van der Waals surface area (Å²) in [6.45, 7) is -0.469. The molecular formula is C14H14FNO3S. The van der Waals surface area contributed by atoms with Crippen LogP contribution in [0.1, 0.15) is 6.42 Å². The molecule has 1 aromatic carbocycles. The van der Waals surface area contributed by atoms with Crippen LogP contribution in [0.5, 0.6) is 0 Å². The lowest BCUT2D eigenvalue weighted by molar-refractivity contribution is -0.143. The van der Waals surface area contributed by atoms with E-state index in [-0.39, 0.29) is 24.7 Å². The Balaban J connectivity index is 2.47. The molecular weight excluding hydrogens is 281 g/mol. The van der Waals surface area contributed by atoms with Gasteiger partial charge in [0, 0.05) is 17.1 Å². The molecule has 0 fully saturated rings. The van der Waals surface area contributed by atoms with E-state index in [0.717, 1.165) is 4.90 Å². The van der Waals surface area contributed by atoms with Gasteiger partial charge in [-0.25, -0.2) is 4.39 Å². The zero-order valence-corrected chi connectivity index (χ0v) is 11.5. The van der Waals surface area contributed by atoms with Crippen molar-refractivity contribution in [2.24, 2.45) is 0 Å². The third-order valence-corrected chi connectivity index (χ3v) is 3.42. The zero-order valence-electron chi connectivity index (χ0n) is 10.7. The van der Waals surface area contributed by atoms with Crippen LogP contribution in [0, 0.1) is 18.2 Å². The number of nitrogens with zero attached hydrogens (tertiary/aromatic N) is 1. The first-order valence-corrected chi connectivity index (χ1v) is 6.83. The molecule has 1 amide bonds. The minimum atomic E-state index is -1.12. The summed E-state index contributed by atoms with van der Waals surface area (Å²) in [5.74, 6) is 0.803. The highest BCUT2D eigenvalue weighted by molar-refractivity contribution is 7.99. The lowest BCUT2D eigenvalue weighted by Gasteiger charge is -2.17. The van der Waals surface area contributed by atoms with Gasteiger partial charge in [0.25, 0.3) is 0 Å². The molecule has 20 heavy (non-hydrogen) atoms. The van der Waals surface area contributed by atoms with E-state index in [9.17, 15) is 14.0 Å². The minimum Gasteiger partial charge on any atom is -0.480 e. The van der Waals surface area contributed by atoms with Crippen molar-refractivity contribution >= 4 is 23.6 Å². The molecule has 0 saturated carbocycles. The van der Waals surface area contributed by atoms with Crippen molar-refractivity contribution in [2.75, 3.05) is 18.8 Å². The molecule has 0 spiro atoms. The Hall–Kier alpha value is -2.00. The molecule has 0 aliphatic carbocycles. The lowest BCUT2D eigenvalue weighted by atomic mass is 10.3. The second kappa shape index (κ2) is 8.23. The van der Waals surface area contributed by atoms with Crippen molar-refractivity contribution in [2.45, 2.75) is 11.3 Å². The first kappa shape index (κ1) is 16.1. The molecule has 6 heteroatoms. The highest BCUT2D eigenvalue weighted by Crippen LogP contribution is 2.21. The maximum absolute atomic E-state index is 13.3. The molecule has 1 aromatic rings. The molecule has 1 N–H and O–H groups in total. The van der Waals surface area contributed by atoms with E-state index < -0.39 is 12.5 Å². The number of terminal acetylenes is 1. The largest absolute Gasteiger partial charge is 0.480 e. The van der Waals surface area contributed by atoms with Gasteiger partial charge in [0.1, 0.15) is 12.4 Å². The van der Waals surface area contributed by atoms with Crippen LogP contribution in [0.4, 0.5) is 4.39 Å². The molecule has 0 aliphatic rings. The highest BCUT2D eigenvalue weighted by Gasteiger charge is 2.15. The molecule has 0 unspecified atom stereocenters. The lowest BCUT2D eigenvalue weighted by Crippen LogP contribution is -2.36. The standard InChI is InChI=1S/C14H14FNO3S/c1-2-8-16(10-14(18)19)13(17)7-9-20-12-6-4-3-5-11(12)15/h1,3-6H,7-10H2,(H,18,19). The van der Waals surface area contributed by atoms with Crippen molar-refractivity contribution in [1.29, 1.82) is 0 Å². The number of benzene rings is 1. The second-order valence-corrected chi connectivity index (χ2v) is 5.01. The SMILES string of the molecule is C#CCN(CC(=O)O)C(=O)CCSc1ccccc1F. The van der Waals surface area contributed by atoms with Gasteiger partial charge in [-0.3, -0.25) is 9.59 Å². The summed E-state index contributed by atoms with van der Waals surface area (Å²) in [5, 5.41) is 8.68. The molecule has 0 aliphatic heterocycles. The number of rotatable bonds is 7. The summed E-state index contributed by atoms with van der Waals surface area (Å²) < 4.78 is 13.3. The first-order chi connectivity index (χ1) is 9.54. The Morgan fingerprint density at radius 1 is 1.40 bits per heavy atom. The maximum atomic E-state index is 13.3. The number of aliphatic carboxylic acids is 1. The summed E-state index contributed by atoms with van der Waals surface area (Å²) in [6, 6.07) is 6.27. The number of thioether (sulfide) groups is 1. The van der Waals surface area contributed by atoms with E-state index >= 15 is 0 Å². The smallest absolute Gasteiger partial charge is 0.323 e. The van der Waals surface area contributed by atoms with Gasteiger partial charge in [-0.15, -0.1) is 18.2 Å². The molecule has 0 bridgehead atoms. The Kier molecular flexibility index (Phi) is 6.60. The number of hydrogen-bond donors (Lipinski definition) is 1. The van der Waals surface area contributed by atoms with Crippen molar-refractivity contribution in [1.82, 2.24) is 4.90 Å². The topological polar surface area (TPSA) is 57.6 Å². The van der Waals surface area contributed by atoms with E-state index in [1.54, 1.807) is 18.2 Å². The number of carboxylic acid groups (broad SMARTS) is 1. The van der Waals surface area contributed by atoms with E-state index in [0.29, 0.717) is 10.6 Å². The molecule has 4 nitrogen and oxygen atoms in total.